The van der Waals surface area contributed by atoms with Crippen molar-refractivity contribution < 1.29 is 0 Å². The molecule has 0 amide bonds. The van der Waals surface area contributed by atoms with Crippen molar-refractivity contribution in [2.75, 3.05) is 0 Å². The number of nitrogens with zero attached hydrogens (tertiary/aromatic N) is 6. The summed E-state index contributed by atoms with van der Waals surface area (Å²) in [5.74, 6) is 0.855. The lowest BCUT2D eigenvalue weighted by Crippen LogP contribution is -1.99. The fourth-order valence-corrected chi connectivity index (χ4v) is 9.37. The van der Waals surface area contributed by atoms with Crippen LogP contribution in [-0.4, -0.2) is 29.1 Å². The summed E-state index contributed by atoms with van der Waals surface area (Å²) in [6, 6.07) is 66.9. The van der Waals surface area contributed by atoms with Gasteiger partial charge in [-0.05, 0) is 104 Å². The van der Waals surface area contributed by atoms with E-state index in [9.17, 15) is 0 Å². The van der Waals surface area contributed by atoms with E-state index < -0.39 is 0 Å². The molecular formula is C56H34N6. The Hall–Kier alpha value is -8.48. The molecule has 0 aliphatic heterocycles. The molecule has 6 nitrogen and oxygen atoms in total. The Kier molecular flexibility index (Phi) is 7.50. The molecule has 8 aromatic carbocycles. The molecule has 288 valence electrons. The molecule has 62 heavy (non-hydrogen) atoms. The van der Waals surface area contributed by atoms with E-state index in [2.05, 4.69) is 197 Å². The van der Waals surface area contributed by atoms with Crippen LogP contribution in [0.25, 0.3) is 121 Å². The van der Waals surface area contributed by atoms with Gasteiger partial charge in [-0.3, -0.25) is 14.5 Å². The van der Waals surface area contributed by atoms with E-state index in [0.29, 0.717) is 0 Å². The van der Waals surface area contributed by atoms with Crippen LogP contribution in [0.1, 0.15) is 0 Å². The highest BCUT2D eigenvalue weighted by molar-refractivity contribution is 6.14. The Bertz CT molecular complexity index is 3920. The Balaban J connectivity index is 1.07. The average Bonchev–Trinajstić information content (AvgIpc) is 3.83. The van der Waals surface area contributed by atoms with Crippen molar-refractivity contribution in [2.45, 2.75) is 0 Å². The van der Waals surface area contributed by atoms with Gasteiger partial charge in [0.25, 0.3) is 0 Å². The monoisotopic (exact) mass is 790 g/mol. The summed E-state index contributed by atoms with van der Waals surface area (Å²) < 4.78 is 4.69. The molecule has 0 saturated heterocycles. The lowest BCUT2D eigenvalue weighted by Gasteiger charge is -2.12. The van der Waals surface area contributed by atoms with Gasteiger partial charge in [0.05, 0.1) is 50.5 Å². The van der Waals surface area contributed by atoms with E-state index in [1.807, 2.05) is 18.6 Å². The van der Waals surface area contributed by atoms with Crippen molar-refractivity contribution in [1.29, 1.82) is 0 Å². The molecule has 0 unspecified atom stereocenters. The quantitative estimate of drug-likeness (QED) is 0.163. The van der Waals surface area contributed by atoms with Crippen LogP contribution >= 0.6 is 0 Å². The Labute approximate surface area is 355 Å². The minimum Gasteiger partial charge on any atom is -0.307 e. The Morgan fingerprint density at radius 2 is 0.935 bits per heavy atom. The second-order valence-corrected chi connectivity index (χ2v) is 16.0. The van der Waals surface area contributed by atoms with Gasteiger partial charge in [0, 0.05) is 39.8 Å². The lowest BCUT2D eigenvalue weighted by atomic mass is 10.0. The van der Waals surface area contributed by atoms with E-state index in [4.69, 9.17) is 19.9 Å². The van der Waals surface area contributed by atoms with Crippen LogP contribution in [0.5, 0.6) is 0 Å². The first kappa shape index (κ1) is 34.4. The van der Waals surface area contributed by atoms with Crippen molar-refractivity contribution in [2.24, 2.45) is 0 Å². The number of pyridine rings is 2. The van der Waals surface area contributed by atoms with Crippen LogP contribution in [0.2, 0.25) is 0 Å². The van der Waals surface area contributed by atoms with E-state index in [-0.39, 0.29) is 0 Å². The highest BCUT2D eigenvalue weighted by Gasteiger charge is 2.20. The van der Waals surface area contributed by atoms with Gasteiger partial charge in [-0.15, -0.1) is 0 Å². The summed E-state index contributed by atoms with van der Waals surface area (Å²) in [7, 11) is 0. The van der Waals surface area contributed by atoms with Gasteiger partial charge < -0.3 is 4.57 Å². The predicted octanol–water partition coefficient (Wildman–Crippen LogP) is 13.9. The minimum absolute atomic E-state index is 0.776. The number of benzene rings is 8. The van der Waals surface area contributed by atoms with Gasteiger partial charge >= 0.3 is 0 Å². The molecule has 0 radical (unpaired) electrons. The van der Waals surface area contributed by atoms with Crippen molar-refractivity contribution in [3.05, 3.63) is 207 Å². The number of aromatic nitrogens is 6. The zero-order valence-electron chi connectivity index (χ0n) is 33.3. The van der Waals surface area contributed by atoms with Gasteiger partial charge in [-0.1, -0.05) is 127 Å². The molecule has 0 aliphatic rings. The molecule has 0 bridgehead atoms. The molecule has 13 rings (SSSR count). The minimum atomic E-state index is 0.776. The highest BCUT2D eigenvalue weighted by atomic mass is 15.1. The summed E-state index contributed by atoms with van der Waals surface area (Å²) in [5, 5.41) is 8.03. The Morgan fingerprint density at radius 1 is 0.339 bits per heavy atom. The molecule has 13 aromatic rings. The molecule has 5 aromatic heterocycles. The maximum Gasteiger partial charge on any atom is 0.138 e. The third kappa shape index (κ3) is 5.44. The second-order valence-electron chi connectivity index (χ2n) is 16.0. The third-order valence-corrected chi connectivity index (χ3v) is 12.4. The molecule has 0 spiro atoms. The van der Waals surface area contributed by atoms with E-state index in [1.165, 1.54) is 16.3 Å². The number of hydrogen-bond donors (Lipinski definition) is 0. The normalized spacial score (nSPS) is 11.9. The Morgan fingerprint density at radius 3 is 1.68 bits per heavy atom. The number of hydrogen-bond acceptors (Lipinski definition) is 4. The lowest BCUT2D eigenvalue weighted by molar-refractivity contribution is 1.08. The van der Waals surface area contributed by atoms with Crippen LogP contribution in [0.3, 0.4) is 0 Å². The van der Waals surface area contributed by atoms with Crippen LogP contribution < -0.4 is 0 Å². The molecule has 0 fully saturated rings. The van der Waals surface area contributed by atoms with Crippen molar-refractivity contribution in [3.63, 3.8) is 0 Å². The molecule has 0 N–H and O–H groups in total. The van der Waals surface area contributed by atoms with Gasteiger partial charge in [0.2, 0.25) is 0 Å². The summed E-state index contributed by atoms with van der Waals surface area (Å²) in [5.41, 5.74) is 14.2. The van der Waals surface area contributed by atoms with Crippen LogP contribution in [0.15, 0.2) is 207 Å². The van der Waals surface area contributed by atoms with Crippen LogP contribution in [0.4, 0.5) is 0 Å². The first-order valence-electron chi connectivity index (χ1n) is 20.8. The largest absolute Gasteiger partial charge is 0.307 e. The highest BCUT2D eigenvalue weighted by Crippen LogP contribution is 2.40. The molecule has 6 heteroatoms. The fraction of sp³-hybridized carbons (Fsp3) is 0. The van der Waals surface area contributed by atoms with E-state index >= 15 is 0 Å². The van der Waals surface area contributed by atoms with Gasteiger partial charge in [0.1, 0.15) is 5.82 Å². The first-order valence-corrected chi connectivity index (χ1v) is 20.8. The van der Waals surface area contributed by atoms with Crippen LogP contribution in [0, 0.1) is 0 Å². The summed E-state index contributed by atoms with van der Waals surface area (Å²) >= 11 is 0. The summed E-state index contributed by atoms with van der Waals surface area (Å²) in [6.07, 6.45) is 5.73. The standard InChI is InChI=1S/C56H34N6/c1-3-11-35(12-4-1)41-19-21-45-46-22-20-44(32-53(46)62(51(45)29-41)55-31-42(23-24-57-55)36-13-5-2-6-14-36)61-52-28-40-18-10-7-15-37(40)25-47(52)56-54(61)30-43(33-59-56)50-34-58-48-26-38-16-8-9-17-39(38)27-49(48)60-50/h1-34H. The molecular weight excluding hydrogens is 757 g/mol. The molecule has 0 aliphatic carbocycles. The van der Waals surface area contributed by atoms with Crippen LogP contribution in [-0.2, 0) is 0 Å². The topological polar surface area (TPSA) is 61.4 Å². The average molecular weight is 791 g/mol. The van der Waals surface area contributed by atoms with Crippen molar-refractivity contribution in [1.82, 2.24) is 29.1 Å². The summed E-state index contributed by atoms with van der Waals surface area (Å²) in [6.45, 7) is 0. The number of rotatable bonds is 5. The van der Waals surface area contributed by atoms with E-state index in [1.54, 1.807) is 0 Å². The zero-order chi connectivity index (χ0) is 40.7. The maximum atomic E-state index is 5.20. The van der Waals surface area contributed by atoms with Crippen molar-refractivity contribution >= 4 is 76.3 Å². The molecule has 0 saturated carbocycles. The second kappa shape index (κ2) is 13.5. The smallest absolute Gasteiger partial charge is 0.138 e. The van der Waals surface area contributed by atoms with Gasteiger partial charge in [0.15, 0.2) is 0 Å². The first-order chi connectivity index (χ1) is 30.7. The van der Waals surface area contributed by atoms with Crippen molar-refractivity contribution in [3.8, 4) is 45.0 Å². The van der Waals surface area contributed by atoms with E-state index in [0.717, 1.165) is 105 Å². The SMILES string of the molecule is c1ccc(-c2ccnc(-n3c4cc(-c5ccccc5)ccc4c4ccc(-n5c6cc7ccccc7cc6c6ncc(-c7cnc8cc9ccccc9cc8n7)cc65)cc43)c2)cc1. The molecule has 5 heterocycles. The maximum absolute atomic E-state index is 5.20. The predicted molar refractivity (Wildman–Crippen MR) is 255 cm³/mol. The zero-order valence-corrected chi connectivity index (χ0v) is 33.3. The summed E-state index contributed by atoms with van der Waals surface area (Å²) in [4.78, 5) is 20.3. The fourth-order valence-electron chi connectivity index (χ4n) is 9.37. The third-order valence-electron chi connectivity index (χ3n) is 12.4. The van der Waals surface area contributed by atoms with Gasteiger partial charge in [-0.25, -0.2) is 9.97 Å². The van der Waals surface area contributed by atoms with Gasteiger partial charge in [-0.2, -0.15) is 0 Å². The molecule has 0 atom stereocenters. The number of fused-ring (bicyclic) bond motifs is 9.